The zero-order chi connectivity index (χ0) is 22.1. The molecule has 0 spiro atoms. The maximum Gasteiger partial charge on any atom is 0.288 e. The topological polar surface area (TPSA) is 144 Å². The van der Waals surface area contributed by atoms with E-state index in [9.17, 15) is 23.3 Å². The van der Waals surface area contributed by atoms with Gasteiger partial charge in [-0.25, -0.2) is 13.1 Å². The minimum Gasteiger partial charge on any atom is -0.337 e. The first-order valence-corrected chi connectivity index (χ1v) is 10.3. The van der Waals surface area contributed by atoms with Crippen molar-refractivity contribution in [1.29, 1.82) is 0 Å². The number of anilines is 2. The first kappa shape index (κ1) is 21.3. The Hall–Kier alpha value is -3.44. The number of carbonyl (C=O) groups is 1. The standard InChI is InChI=1S/C18H15ClN4O6S/c1-10-11(2)21-29-18(10)22-30(27,28)14-6-4-13(5-7-14)20-17(24)12-3-8-15(19)16(9-12)23(25)26/h3-9,22H,1-2H3,(H,20,24). The number of aryl methyl sites for hydroxylation is 1. The van der Waals surface area contributed by atoms with Gasteiger partial charge in [0.2, 0.25) is 5.88 Å². The summed E-state index contributed by atoms with van der Waals surface area (Å²) in [6.45, 7) is 3.35. The molecule has 0 aliphatic heterocycles. The summed E-state index contributed by atoms with van der Waals surface area (Å²) in [5.74, 6) is -0.592. The van der Waals surface area contributed by atoms with E-state index in [4.69, 9.17) is 16.1 Å². The highest BCUT2D eigenvalue weighted by molar-refractivity contribution is 7.92. The summed E-state index contributed by atoms with van der Waals surface area (Å²) < 4.78 is 32.2. The number of nitrogens with zero attached hydrogens (tertiary/aromatic N) is 2. The summed E-state index contributed by atoms with van der Waals surface area (Å²) in [7, 11) is -3.93. The van der Waals surface area contributed by atoms with Crippen LogP contribution >= 0.6 is 11.6 Å². The number of hydrogen-bond donors (Lipinski definition) is 2. The number of amides is 1. The van der Waals surface area contributed by atoms with Crippen molar-refractivity contribution in [2.75, 3.05) is 10.0 Å². The smallest absolute Gasteiger partial charge is 0.288 e. The minimum absolute atomic E-state index is 0.0224. The quantitative estimate of drug-likeness (QED) is 0.427. The maximum atomic E-state index is 12.5. The average Bonchev–Trinajstić information content (AvgIpc) is 3.00. The highest BCUT2D eigenvalue weighted by Crippen LogP contribution is 2.26. The van der Waals surface area contributed by atoms with E-state index in [2.05, 4.69) is 15.2 Å². The molecule has 3 aromatic rings. The lowest BCUT2D eigenvalue weighted by Crippen LogP contribution is -2.14. The van der Waals surface area contributed by atoms with Crippen molar-refractivity contribution in [3.8, 4) is 0 Å². The lowest BCUT2D eigenvalue weighted by molar-refractivity contribution is -0.384. The van der Waals surface area contributed by atoms with Crippen LogP contribution < -0.4 is 10.0 Å². The molecule has 0 atom stereocenters. The molecule has 0 bridgehead atoms. The van der Waals surface area contributed by atoms with Crippen molar-refractivity contribution in [3.05, 3.63) is 74.4 Å². The summed E-state index contributed by atoms with van der Waals surface area (Å²) >= 11 is 5.74. The van der Waals surface area contributed by atoms with Gasteiger partial charge in [0.15, 0.2) is 0 Å². The number of benzene rings is 2. The molecule has 0 fully saturated rings. The lowest BCUT2D eigenvalue weighted by Gasteiger charge is -2.08. The number of hydrogen-bond acceptors (Lipinski definition) is 7. The molecule has 0 radical (unpaired) electrons. The van der Waals surface area contributed by atoms with Crippen LogP contribution in [0.3, 0.4) is 0 Å². The van der Waals surface area contributed by atoms with E-state index in [0.717, 1.165) is 6.07 Å². The van der Waals surface area contributed by atoms with Crippen LogP contribution in [0.4, 0.5) is 17.3 Å². The van der Waals surface area contributed by atoms with E-state index < -0.39 is 26.5 Å². The van der Waals surface area contributed by atoms with Gasteiger partial charge in [0.05, 0.1) is 15.5 Å². The number of carbonyl (C=O) groups excluding carboxylic acids is 1. The van der Waals surface area contributed by atoms with Crippen molar-refractivity contribution >= 4 is 44.8 Å². The molecule has 3 rings (SSSR count). The first-order valence-electron chi connectivity index (χ1n) is 8.39. The third-order valence-electron chi connectivity index (χ3n) is 4.21. The summed E-state index contributed by atoms with van der Waals surface area (Å²) in [6, 6.07) is 9.01. The van der Waals surface area contributed by atoms with E-state index in [1.165, 1.54) is 36.4 Å². The van der Waals surface area contributed by atoms with Gasteiger partial charge in [-0.2, -0.15) is 0 Å². The molecule has 2 N–H and O–H groups in total. The van der Waals surface area contributed by atoms with Crippen molar-refractivity contribution < 1.29 is 22.7 Å². The van der Waals surface area contributed by atoms with Crippen LogP contribution in [0.1, 0.15) is 21.6 Å². The Balaban J connectivity index is 1.76. The van der Waals surface area contributed by atoms with Crippen LogP contribution in [0.5, 0.6) is 0 Å². The number of nitrogens with one attached hydrogen (secondary N) is 2. The molecule has 0 aliphatic rings. The maximum absolute atomic E-state index is 12.5. The Morgan fingerprint density at radius 3 is 2.40 bits per heavy atom. The molecule has 1 heterocycles. The third-order valence-corrected chi connectivity index (χ3v) is 5.88. The molecular weight excluding hydrogens is 436 g/mol. The summed E-state index contributed by atoms with van der Waals surface area (Å²) in [4.78, 5) is 22.5. The molecule has 1 amide bonds. The van der Waals surface area contributed by atoms with Crippen molar-refractivity contribution in [1.82, 2.24) is 5.16 Å². The van der Waals surface area contributed by atoms with Gasteiger partial charge in [-0.3, -0.25) is 14.9 Å². The van der Waals surface area contributed by atoms with E-state index >= 15 is 0 Å². The molecule has 2 aromatic carbocycles. The van der Waals surface area contributed by atoms with Crippen molar-refractivity contribution in [2.45, 2.75) is 18.7 Å². The van der Waals surface area contributed by atoms with Crippen LogP contribution in [0.2, 0.25) is 5.02 Å². The molecule has 10 nitrogen and oxygen atoms in total. The van der Waals surface area contributed by atoms with Crippen molar-refractivity contribution in [3.63, 3.8) is 0 Å². The molecule has 1 aromatic heterocycles. The summed E-state index contributed by atoms with van der Waals surface area (Å²) in [5.41, 5.74) is 1.06. The Labute approximate surface area is 176 Å². The number of rotatable bonds is 6. The van der Waals surface area contributed by atoms with E-state index in [1.807, 2.05) is 0 Å². The second-order valence-corrected chi connectivity index (χ2v) is 8.32. The fourth-order valence-electron chi connectivity index (χ4n) is 2.41. The van der Waals surface area contributed by atoms with Gasteiger partial charge in [-0.1, -0.05) is 16.8 Å². The number of nitro groups is 1. The summed E-state index contributed by atoms with van der Waals surface area (Å²) in [5, 5.41) is 17.1. The fraction of sp³-hybridized carbons (Fsp3) is 0.111. The SMILES string of the molecule is Cc1noc(NS(=O)(=O)c2ccc(NC(=O)c3ccc(Cl)c([N+](=O)[O-])c3)cc2)c1C. The molecule has 0 unspecified atom stereocenters. The third kappa shape index (κ3) is 4.42. The van der Waals surface area contributed by atoms with Gasteiger partial charge in [0.25, 0.3) is 21.6 Å². The van der Waals surface area contributed by atoms with Crippen LogP contribution in [-0.4, -0.2) is 24.4 Å². The molecule has 0 saturated heterocycles. The average molecular weight is 451 g/mol. The monoisotopic (exact) mass is 450 g/mol. The van der Waals surface area contributed by atoms with Crippen LogP contribution in [0.15, 0.2) is 51.9 Å². The van der Waals surface area contributed by atoms with E-state index in [1.54, 1.807) is 13.8 Å². The molecular formula is C18H15ClN4O6S. The Bertz CT molecular complexity index is 1240. The number of sulfonamides is 1. The number of halogens is 1. The largest absolute Gasteiger partial charge is 0.337 e. The molecule has 0 saturated carbocycles. The predicted molar refractivity (Wildman–Crippen MR) is 109 cm³/mol. The van der Waals surface area contributed by atoms with Crippen LogP contribution in [0.25, 0.3) is 0 Å². The minimum atomic E-state index is -3.93. The van der Waals surface area contributed by atoms with Gasteiger partial charge in [0.1, 0.15) is 5.02 Å². The zero-order valence-corrected chi connectivity index (χ0v) is 17.2. The van der Waals surface area contributed by atoms with Crippen molar-refractivity contribution in [2.24, 2.45) is 0 Å². The molecule has 12 heteroatoms. The lowest BCUT2D eigenvalue weighted by atomic mass is 10.2. The van der Waals surface area contributed by atoms with Crippen LogP contribution in [-0.2, 0) is 10.0 Å². The summed E-state index contributed by atoms with van der Waals surface area (Å²) in [6.07, 6.45) is 0. The van der Waals surface area contributed by atoms with Gasteiger partial charge in [0, 0.05) is 22.9 Å². The predicted octanol–water partition coefficient (Wildman–Crippen LogP) is 3.91. The molecule has 156 valence electrons. The molecule has 30 heavy (non-hydrogen) atoms. The van der Waals surface area contributed by atoms with E-state index in [-0.39, 0.29) is 21.4 Å². The second-order valence-electron chi connectivity index (χ2n) is 6.23. The Morgan fingerprint density at radius 2 is 1.83 bits per heavy atom. The Kier molecular flexibility index (Phi) is 5.76. The Morgan fingerprint density at radius 1 is 1.17 bits per heavy atom. The zero-order valence-electron chi connectivity index (χ0n) is 15.7. The normalized spacial score (nSPS) is 11.2. The molecule has 0 aliphatic carbocycles. The first-order chi connectivity index (χ1) is 14.1. The second kappa shape index (κ2) is 8.13. The fourth-order valence-corrected chi connectivity index (χ4v) is 3.64. The van der Waals surface area contributed by atoms with Gasteiger partial charge >= 0.3 is 0 Å². The number of aromatic nitrogens is 1. The highest BCUT2D eigenvalue weighted by atomic mass is 35.5. The van der Waals surface area contributed by atoms with Gasteiger partial charge in [-0.15, -0.1) is 0 Å². The van der Waals surface area contributed by atoms with Gasteiger partial charge in [-0.05, 0) is 50.2 Å². The number of nitro benzene ring substituents is 1. The van der Waals surface area contributed by atoms with Crippen LogP contribution in [0, 0.1) is 24.0 Å². The van der Waals surface area contributed by atoms with E-state index in [0.29, 0.717) is 16.9 Å². The van der Waals surface area contributed by atoms with Gasteiger partial charge < -0.3 is 9.84 Å². The highest BCUT2D eigenvalue weighted by Gasteiger charge is 2.20.